The minimum atomic E-state index is -0.0875. The van der Waals surface area contributed by atoms with Crippen molar-refractivity contribution in [3.63, 3.8) is 0 Å². The molecule has 1 rings (SSSR count). The Kier molecular flexibility index (Phi) is 28.6. The van der Waals surface area contributed by atoms with Gasteiger partial charge in [0, 0.05) is 43.1 Å². The van der Waals surface area contributed by atoms with Crippen LogP contribution < -0.4 is 27.8 Å². The van der Waals surface area contributed by atoms with Gasteiger partial charge in [0.15, 0.2) is 0 Å². The molecule has 10 heteroatoms. The zero-order chi connectivity index (χ0) is 32.9. The zero-order valence-corrected chi connectivity index (χ0v) is 27.5. The number of anilines is 1. The molecular weight excluding hydrogens is 546 g/mol. The summed E-state index contributed by atoms with van der Waals surface area (Å²) in [4.78, 5) is 22.6. The lowest BCUT2D eigenvalue weighted by atomic mass is 9.91. The SMILES string of the molecule is C=C.CC(C)=C(N)CC(CC(C)C)C(=O)NC(C)Cc1ccccc1N.NCCCOCCOCCOCCCNC=O. The summed E-state index contributed by atoms with van der Waals surface area (Å²) in [5.41, 5.74) is 21.1. The topological polar surface area (TPSA) is 164 Å². The second-order valence-corrected chi connectivity index (χ2v) is 10.8. The summed E-state index contributed by atoms with van der Waals surface area (Å²) < 4.78 is 15.8. The molecule has 0 bridgehead atoms. The van der Waals surface area contributed by atoms with E-state index in [1.165, 1.54) is 0 Å². The van der Waals surface area contributed by atoms with Gasteiger partial charge in [-0.3, -0.25) is 9.59 Å². The van der Waals surface area contributed by atoms with Gasteiger partial charge in [-0.2, -0.15) is 0 Å². The molecule has 0 aliphatic carbocycles. The largest absolute Gasteiger partial charge is 0.402 e. The van der Waals surface area contributed by atoms with Crippen LogP contribution in [0.1, 0.15) is 65.9 Å². The van der Waals surface area contributed by atoms with E-state index in [-0.39, 0.29) is 17.9 Å². The minimum Gasteiger partial charge on any atom is -0.402 e. The highest BCUT2D eigenvalue weighted by Gasteiger charge is 2.22. The predicted octanol–water partition coefficient (Wildman–Crippen LogP) is 3.94. The molecule has 2 amide bonds. The number of carbonyl (C=O) groups is 2. The van der Waals surface area contributed by atoms with Crippen molar-refractivity contribution in [2.24, 2.45) is 23.3 Å². The van der Waals surface area contributed by atoms with Gasteiger partial charge in [-0.15, -0.1) is 13.2 Å². The number of benzene rings is 1. The fourth-order valence-electron chi connectivity index (χ4n) is 3.85. The third-order valence-corrected chi connectivity index (χ3v) is 6.14. The first-order valence-corrected chi connectivity index (χ1v) is 15.3. The van der Waals surface area contributed by atoms with Gasteiger partial charge in [0.05, 0.1) is 26.4 Å². The van der Waals surface area contributed by atoms with E-state index in [0.29, 0.717) is 71.5 Å². The number of rotatable bonds is 22. The summed E-state index contributed by atoms with van der Waals surface area (Å²) in [6, 6.07) is 7.82. The lowest BCUT2D eigenvalue weighted by Crippen LogP contribution is -2.39. The van der Waals surface area contributed by atoms with E-state index in [2.05, 4.69) is 37.6 Å². The highest BCUT2D eigenvalue weighted by molar-refractivity contribution is 5.79. The van der Waals surface area contributed by atoms with E-state index in [1.54, 1.807) is 0 Å². The highest BCUT2D eigenvalue weighted by atomic mass is 16.5. The predicted molar refractivity (Wildman–Crippen MR) is 178 cm³/mol. The minimum absolute atomic E-state index is 0.0322. The Hall–Kier alpha value is -2.92. The number of nitrogens with two attached hydrogens (primary N) is 3. The van der Waals surface area contributed by atoms with Gasteiger partial charge in [-0.05, 0) is 77.0 Å². The standard InChI is InChI=1S/C20H33N3O.C11H24N2O4.C2H4/c1-13(2)10-17(12-19(22)14(3)4)20(24)23-15(5)11-16-8-6-7-9-18(16)21;12-3-1-5-15-7-9-17-10-8-16-6-2-4-13-11-14;1-2/h6-9,13,15,17H,10-12,21-22H2,1-5H3,(H,23,24);11H,1-10,12H2,(H,13,14);1-2H2. The number of ether oxygens (including phenoxy) is 3. The van der Waals surface area contributed by atoms with Crippen LogP contribution in [0.15, 0.2) is 48.7 Å². The number of nitrogen functional groups attached to an aromatic ring is 1. The van der Waals surface area contributed by atoms with Crippen LogP contribution in [0.4, 0.5) is 5.69 Å². The summed E-state index contributed by atoms with van der Waals surface area (Å²) in [5, 5.41) is 5.70. The van der Waals surface area contributed by atoms with E-state index in [4.69, 9.17) is 31.4 Å². The molecule has 0 aliphatic rings. The van der Waals surface area contributed by atoms with E-state index < -0.39 is 0 Å². The number of hydrogen-bond donors (Lipinski definition) is 5. The monoisotopic (exact) mass is 607 g/mol. The maximum absolute atomic E-state index is 12.7. The molecule has 2 atom stereocenters. The van der Waals surface area contributed by atoms with Gasteiger partial charge in [0.1, 0.15) is 0 Å². The van der Waals surface area contributed by atoms with Crippen molar-refractivity contribution in [2.75, 3.05) is 58.5 Å². The van der Waals surface area contributed by atoms with Crippen LogP contribution >= 0.6 is 0 Å². The van der Waals surface area contributed by atoms with Gasteiger partial charge >= 0.3 is 0 Å². The van der Waals surface area contributed by atoms with Crippen molar-refractivity contribution in [3.05, 3.63) is 54.3 Å². The summed E-state index contributed by atoms with van der Waals surface area (Å²) in [6.07, 6.45) is 4.57. The van der Waals surface area contributed by atoms with Gasteiger partial charge in [0.2, 0.25) is 12.3 Å². The maximum Gasteiger partial charge on any atom is 0.223 e. The van der Waals surface area contributed by atoms with E-state index in [9.17, 15) is 9.59 Å². The van der Waals surface area contributed by atoms with Gasteiger partial charge in [-0.25, -0.2) is 0 Å². The Balaban J connectivity index is 0. The lowest BCUT2D eigenvalue weighted by Gasteiger charge is -2.22. The van der Waals surface area contributed by atoms with E-state index >= 15 is 0 Å². The molecule has 1 aromatic rings. The molecule has 10 nitrogen and oxygen atoms in total. The zero-order valence-electron chi connectivity index (χ0n) is 27.5. The fraction of sp³-hybridized carbons (Fsp3) is 0.636. The number of allylic oxidation sites excluding steroid dienone is 2. The Morgan fingerprint density at radius 1 is 0.953 bits per heavy atom. The Morgan fingerprint density at radius 2 is 1.51 bits per heavy atom. The molecule has 0 aromatic heterocycles. The molecule has 0 aliphatic heterocycles. The first kappa shape index (κ1) is 42.2. The van der Waals surface area contributed by atoms with Gasteiger partial charge < -0.3 is 42.0 Å². The summed E-state index contributed by atoms with van der Waals surface area (Å²) in [5.74, 6) is 0.441. The molecule has 0 saturated heterocycles. The van der Waals surface area contributed by atoms with Crippen molar-refractivity contribution in [1.29, 1.82) is 0 Å². The average molecular weight is 608 g/mol. The Morgan fingerprint density at radius 3 is 2.02 bits per heavy atom. The average Bonchev–Trinajstić information content (AvgIpc) is 2.97. The van der Waals surface area contributed by atoms with Crippen molar-refractivity contribution < 1.29 is 23.8 Å². The second kappa shape index (κ2) is 29.2. The van der Waals surface area contributed by atoms with Gasteiger partial charge in [0.25, 0.3) is 0 Å². The van der Waals surface area contributed by atoms with Crippen molar-refractivity contribution >= 4 is 18.0 Å². The number of carbonyl (C=O) groups excluding carboxylic acids is 2. The molecule has 248 valence electrons. The first-order chi connectivity index (χ1) is 20.6. The molecule has 0 fully saturated rings. The van der Waals surface area contributed by atoms with Crippen LogP contribution in [0.2, 0.25) is 0 Å². The number of hydrogen-bond acceptors (Lipinski definition) is 8. The van der Waals surface area contributed by atoms with E-state index in [1.807, 2.05) is 45.0 Å². The molecule has 2 unspecified atom stereocenters. The van der Waals surface area contributed by atoms with Crippen molar-refractivity contribution in [2.45, 2.75) is 72.8 Å². The molecule has 0 radical (unpaired) electrons. The van der Waals surface area contributed by atoms with Crippen LogP contribution in [0, 0.1) is 11.8 Å². The lowest BCUT2D eigenvalue weighted by molar-refractivity contribution is -0.126. The maximum atomic E-state index is 12.7. The molecule has 0 heterocycles. The van der Waals surface area contributed by atoms with Crippen LogP contribution in [-0.4, -0.2) is 71.1 Å². The summed E-state index contributed by atoms with van der Waals surface area (Å²) in [7, 11) is 0. The molecule has 43 heavy (non-hydrogen) atoms. The normalized spacial score (nSPS) is 11.7. The number of amides is 2. The third kappa shape index (κ3) is 25.3. The van der Waals surface area contributed by atoms with Gasteiger partial charge in [-0.1, -0.05) is 37.6 Å². The van der Waals surface area contributed by atoms with Crippen LogP contribution in [-0.2, 0) is 30.2 Å². The molecular formula is C33H61N5O5. The smallest absolute Gasteiger partial charge is 0.223 e. The molecule has 0 saturated carbocycles. The van der Waals surface area contributed by atoms with Crippen LogP contribution in [0.5, 0.6) is 0 Å². The Bertz CT molecular complexity index is 862. The summed E-state index contributed by atoms with van der Waals surface area (Å²) in [6.45, 7) is 21.2. The second-order valence-electron chi connectivity index (χ2n) is 10.8. The van der Waals surface area contributed by atoms with Crippen LogP contribution in [0.25, 0.3) is 0 Å². The van der Waals surface area contributed by atoms with Crippen molar-refractivity contribution in [1.82, 2.24) is 10.6 Å². The molecule has 8 N–H and O–H groups in total. The highest BCUT2D eigenvalue weighted by Crippen LogP contribution is 2.21. The summed E-state index contributed by atoms with van der Waals surface area (Å²) >= 11 is 0. The van der Waals surface area contributed by atoms with Crippen molar-refractivity contribution in [3.8, 4) is 0 Å². The molecule has 1 aromatic carbocycles. The number of nitrogens with one attached hydrogen (secondary N) is 2. The number of para-hydroxylation sites is 1. The first-order valence-electron chi connectivity index (χ1n) is 15.3. The van der Waals surface area contributed by atoms with E-state index in [0.717, 1.165) is 48.2 Å². The molecule has 0 spiro atoms. The quantitative estimate of drug-likeness (QED) is 0.0572. The fourth-order valence-corrected chi connectivity index (χ4v) is 3.85. The van der Waals surface area contributed by atoms with Crippen LogP contribution in [0.3, 0.4) is 0 Å². The third-order valence-electron chi connectivity index (χ3n) is 6.14. The Labute approximate surface area is 261 Å².